The first-order chi connectivity index (χ1) is 11.5. The van der Waals surface area contributed by atoms with Gasteiger partial charge in [0.2, 0.25) is 10.0 Å². The van der Waals surface area contributed by atoms with Crippen LogP contribution in [-0.2, 0) is 19.6 Å². The molecule has 0 N–H and O–H groups in total. The van der Waals surface area contributed by atoms with E-state index in [4.69, 9.17) is 4.74 Å². The maximum absolute atomic E-state index is 12.4. The lowest BCUT2D eigenvalue weighted by Gasteiger charge is -2.46. The molecule has 2 saturated heterocycles. The van der Waals surface area contributed by atoms with Crippen molar-refractivity contribution in [2.75, 3.05) is 31.1 Å². The number of sulfonamides is 1. The Labute approximate surface area is 140 Å². The molecular formula is C15H20N4O4S. The number of aromatic nitrogens is 2. The molecule has 0 bridgehead atoms. The van der Waals surface area contributed by atoms with Crippen LogP contribution in [0.15, 0.2) is 18.7 Å². The number of ether oxygens (including phenoxy) is 1. The molecule has 1 aromatic rings. The number of morpholine rings is 1. The number of nitrogens with zero attached hydrogens (tertiary/aromatic N) is 4. The van der Waals surface area contributed by atoms with Gasteiger partial charge in [0.25, 0.3) is 5.91 Å². The van der Waals surface area contributed by atoms with E-state index in [9.17, 15) is 13.2 Å². The van der Waals surface area contributed by atoms with Crippen molar-refractivity contribution in [1.29, 1.82) is 0 Å². The lowest BCUT2D eigenvalue weighted by molar-refractivity contribution is -0.143. The first-order valence-electron chi connectivity index (χ1n) is 8.19. The predicted octanol–water partition coefficient (Wildman–Crippen LogP) is 0.167. The Balaban J connectivity index is 1.48. The minimum absolute atomic E-state index is 0.00424. The molecule has 3 heterocycles. The molecule has 3 aliphatic rings. The smallest absolute Gasteiger partial charge is 0.253 e. The zero-order chi connectivity index (χ0) is 16.8. The monoisotopic (exact) mass is 352 g/mol. The normalized spacial score (nSPS) is 25.2. The molecule has 9 heteroatoms. The molecule has 1 aliphatic carbocycles. The van der Waals surface area contributed by atoms with Crippen molar-refractivity contribution in [1.82, 2.24) is 14.3 Å². The van der Waals surface area contributed by atoms with Gasteiger partial charge in [-0.2, -0.15) is 0 Å². The van der Waals surface area contributed by atoms with Gasteiger partial charge < -0.3 is 9.64 Å². The van der Waals surface area contributed by atoms with E-state index < -0.39 is 15.6 Å². The first-order valence-corrected chi connectivity index (χ1v) is 9.69. The van der Waals surface area contributed by atoms with Gasteiger partial charge in [0, 0.05) is 13.1 Å². The topological polar surface area (TPSA) is 92.7 Å². The highest BCUT2D eigenvalue weighted by Gasteiger charge is 2.47. The van der Waals surface area contributed by atoms with Crippen LogP contribution >= 0.6 is 0 Å². The highest BCUT2D eigenvalue weighted by atomic mass is 32.2. The summed E-state index contributed by atoms with van der Waals surface area (Å²) in [6.45, 7) is 1.32. The van der Waals surface area contributed by atoms with Gasteiger partial charge in [-0.15, -0.1) is 0 Å². The molecule has 2 aliphatic heterocycles. The molecule has 24 heavy (non-hydrogen) atoms. The van der Waals surface area contributed by atoms with Gasteiger partial charge in [-0.1, -0.05) is 0 Å². The Kier molecular flexibility index (Phi) is 3.81. The van der Waals surface area contributed by atoms with Crippen LogP contribution in [0.1, 0.15) is 25.7 Å². The third-order valence-electron chi connectivity index (χ3n) is 5.05. The van der Waals surface area contributed by atoms with Gasteiger partial charge in [-0.25, -0.2) is 22.7 Å². The number of hydrogen-bond donors (Lipinski definition) is 0. The van der Waals surface area contributed by atoms with Crippen molar-refractivity contribution in [3.8, 4) is 0 Å². The summed E-state index contributed by atoms with van der Waals surface area (Å²) in [4.78, 5) is 21.8. The van der Waals surface area contributed by atoms with Crippen LogP contribution < -0.4 is 4.90 Å². The summed E-state index contributed by atoms with van der Waals surface area (Å²) >= 11 is 0. The highest BCUT2D eigenvalue weighted by Crippen LogP contribution is 2.37. The second-order valence-electron chi connectivity index (χ2n) is 6.69. The molecule has 3 fully saturated rings. The average molecular weight is 352 g/mol. The minimum atomic E-state index is -3.14. The van der Waals surface area contributed by atoms with Crippen molar-refractivity contribution in [3.05, 3.63) is 18.7 Å². The number of anilines is 1. The predicted molar refractivity (Wildman–Crippen MR) is 85.8 cm³/mol. The summed E-state index contributed by atoms with van der Waals surface area (Å²) in [5.41, 5.74) is 0.164. The molecule has 4 rings (SSSR count). The van der Waals surface area contributed by atoms with E-state index in [1.807, 2.05) is 0 Å². The van der Waals surface area contributed by atoms with E-state index in [0.717, 1.165) is 12.8 Å². The standard InChI is InChI=1S/C15H20N4O4S/c20-14-9-23-15(10-19(14)12-7-16-11-17-8-12)3-5-18(6-4-15)24(21,22)13-1-2-13/h7-8,11,13H,1-6,9-10H2. The molecule has 1 amide bonds. The Hall–Kier alpha value is -1.58. The van der Waals surface area contributed by atoms with Crippen molar-refractivity contribution >= 4 is 21.6 Å². The van der Waals surface area contributed by atoms with Gasteiger partial charge in [0.15, 0.2) is 0 Å². The van der Waals surface area contributed by atoms with Crippen LogP contribution in [0.25, 0.3) is 0 Å². The SMILES string of the molecule is O=C1COC2(CCN(S(=O)(=O)C3CC3)CC2)CN1c1cncnc1. The van der Waals surface area contributed by atoms with E-state index in [-0.39, 0.29) is 17.8 Å². The quantitative estimate of drug-likeness (QED) is 0.770. The summed E-state index contributed by atoms with van der Waals surface area (Å²) in [7, 11) is -3.14. The molecule has 0 aromatic carbocycles. The maximum Gasteiger partial charge on any atom is 0.253 e. The summed E-state index contributed by atoms with van der Waals surface area (Å²) in [6, 6.07) is 0. The Bertz CT molecular complexity index is 727. The number of carbonyl (C=O) groups excluding carboxylic acids is 1. The Morgan fingerprint density at radius 3 is 2.46 bits per heavy atom. The second-order valence-corrected chi connectivity index (χ2v) is 8.90. The minimum Gasteiger partial charge on any atom is -0.363 e. The summed E-state index contributed by atoms with van der Waals surface area (Å²) in [6.07, 6.45) is 7.37. The van der Waals surface area contributed by atoms with Crippen molar-refractivity contribution in [2.24, 2.45) is 0 Å². The molecule has 0 radical (unpaired) electrons. The lowest BCUT2D eigenvalue weighted by atomic mass is 9.90. The van der Waals surface area contributed by atoms with Crippen LogP contribution in [0.4, 0.5) is 5.69 Å². The Morgan fingerprint density at radius 1 is 1.17 bits per heavy atom. The van der Waals surface area contributed by atoms with Crippen molar-refractivity contribution in [2.45, 2.75) is 36.5 Å². The first kappa shape index (κ1) is 15.9. The van der Waals surface area contributed by atoms with Gasteiger partial charge in [0.05, 0.1) is 35.5 Å². The largest absolute Gasteiger partial charge is 0.363 e. The fourth-order valence-corrected chi connectivity index (χ4v) is 5.25. The van der Waals surface area contributed by atoms with E-state index in [2.05, 4.69) is 9.97 Å². The maximum atomic E-state index is 12.4. The van der Waals surface area contributed by atoms with Gasteiger partial charge in [-0.3, -0.25) is 4.79 Å². The average Bonchev–Trinajstić information content (AvgIpc) is 3.44. The molecule has 0 unspecified atom stereocenters. The lowest BCUT2D eigenvalue weighted by Crippen LogP contribution is -2.59. The number of carbonyl (C=O) groups is 1. The molecular weight excluding hydrogens is 332 g/mol. The summed E-state index contributed by atoms with van der Waals surface area (Å²) < 4.78 is 32.2. The zero-order valence-electron chi connectivity index (χ0n) is 13.3. The molecule has 1 aromatic heterocycles. The molecule has 8 nitrogen and oxygen atoms in total. The number of rotatable bonds is 3. The zero-order valence-corrected chi connectivity index (χ0v) is 14.1. The number of piperidine rings is 1. The summed E-state index contributed by atoms with van der Waals surface area (Å²) in [5, 5.41) is -0.182. The number of hydrogen-bond acceptors (Lipinski definition) is 6. The van der Waals surface area contributed by atoms with Crippen LogP contribution in [0.2, 0.25) is 0 Å². The van der Waals surface area contributed by atoms with Crippen molar-refractivity contribution < 1.29 is 17.9 Å². The van der Waals surface area contributed by atoms with Crippen LogP contribution in [0.5, 0.6) is 0 Å². The summed E-state index contributed by atoms with van der Waals surface area (Å²) in [5.74, 6) is -0.122. The van der Waals surface area contributed by atoms with Gasteiger partial charge in [-0.05, 0) is 25.7 Å². The van der Waals surface area contributed by atoms with Gasteiger partial charge >= 0.3 is 0 Å². The Morgan fingerprint density at radius 2 is 1.83 bits per heavy atom. The van der Waals surface area contributed by atoms with Crippen LogP contribution in [-0.4, -0.2) is 65.7 Å². The molecule has 0 atom stereocenters. The van der Waals surface area contributed by atoms with Crippen LogP contribution in [0, 0.1) is 0 Å². The second kappa shape index (κ2) is 5.75. The third-order valence-corrected chi connectivity index (χ3v) is 7.45. The van der Waals surface area contributed by atoms with E-state index in [1.54, 1.807) is 21.6 Å². The molecule has 1 saturated carbocycles. The van der Waals surface area contributed by atoms with Crippen LogP contribution in [0.3, 0.4) is 0 Å². The molecule has 1 spiro atoms. The third kappa shape index (κ3) is 2.80. The highest BCUT2D eigenvalue weighted by molar-refractivity contribution is 7.90. The molecule has 130 valence electrons. The fraction of sp³-hybridized carbons (Fsp3) is 0.667. The van der Waals surface area contributed by atoms with E-state index in [1.165, 1.54) is 6.33 Å². The van der Waals surface area contributed by atoms with E-state index in [0.29, 0.717) is 38.2 Å². The number of amides is 1. The van der Waals surface area contributed by atoms with Crippen molar-refractivity contribution in [3.63, 3.8) is 0 Å². The fourth-order valence-electron chi connectivity index (χ4n) is 3.41. The van der Waals surface area contributed by atoms with Gasteiger partial charge in [0.1, 0.15) is 12.9 Å². The van der Waals surface area contributed by atoms with E-state index >= 15 is 0 Å².